The van der Waals surface area contributed by atoms with Gasteiger partial charge in [0.25, 0.3) is 5.69 Å². The molecule has 0 radical (unpaired) electrons. The van der Waals surface area contributed by atoms with Crippen LogP contribution in [-0.2, 0) is 16.1 Å². The molecule has 1 aromatic heterocycles. The highest BCUT2D eigenvalue weighted by atomic mass is 16.6. The molecule has 0 aliphatic carbocycles. The molecule has 0 atom stereocenters. The van der Waals surface area contributed by atoms with Crippen molar-refractivity contribution in [1.29, 1.82) is 0 Å². The number of rotatable bonds is 7. The molecule has 0 N–H and O–H groups in total. The first kappa shape index (κ1) is 17.1. The normalized spacial score (nSPS) is 10.1. The smallest absolute Gasteiger partial charge is 0.325 e. The predicted molar refractivity (Wildman–Crippen MR) is 84.7 cm³/mol. The van der Waals surface area contributed by atoms with Gasteiger partial charge in [-0.15, -0.1) is 0 Å². The highest BCUT2D eigenvalue weighted by Gasteiger charge is 2.15. The monoisotopic (exact) mass is 332 g/mol. The molecule has 0 spiro atoms. The number of methoxy groups -OCH3 is 1. The van der Waals surface area contributed by atoms with Gasteiger partial charge in [-0.05, 0) is 12.1 Å². The summed E-state index contributed by atoms with van der Waals surface area (Å²) in [5, 5.41) is 10.8. The van der Waals surface area contributed by atoms with Crippen molar-refractivity contribution in [2.75, 3.05) is 25.6 Å². The lowest BCUT2D eigenvalue weighted by atomic mass is 10.2. The SMILES string of the molecule is COc1ccc([N+](=O)[O-])cc1COC(=O)CN(C)c1ncccn1. The number of hydrogen-bond acceptors (Lipinski definition) is 8. The third-order valence-electron chi connectivity index (χ3n) is 3.12. The van der Waals surface area contributed by atoms with Crippen molar-refractivity contribution in [3.8, 4) is 5.75 Å². The van der Waals surface area contributed by atoms with Crippen molar-refractivity contribution in [3.63, 3.8) is 0 Å². The molecule has 0 saturated carbocycles. The Morgan fingerprint density at radius 1 is 1.33 bits per heavy atom. The third-order valence-corrected chi connectivity index (χ3v) is 3.12. The fourth-order valence-corrected chi connectivity index (χ4v) is 1.95. The zero-order valence-corrected chi connectivity index (χ0v) is 13.2. The van der Waals surface area contributed by atoms with Gasteiger partial charge in [-0.25, -0.2) is 9.97 Å². The van der Waals surface area contributed by atoms with E-state index in [1.54, 1.807) is 25.5 Å². The molecule has 1 heterocycles. The molecule has 0 fully saturated rings. The number of esters is 1. The molecule has 9 nitrogen and oxygen atoms in total. The Bertz CT molecular complexity index is 723. The number of nitro groups is 1. The van der Waals surface area contributed by atoms with Crippen molar-refractivity contribution in [2.24, 2.45) is 0 Å². The minimum atomic E-state index is -0.523. The van der Waals surface area contributed by atoms with Gasteiger partial charge >= 0.3 is 5.97 Å². The van der Waals surface area contributed by atoms with Gasteiger partial charge in [0.1, 0.15) is 18.9 Å². The van der Waals surface area contributed by atoms with Gasteiger partial charge in [0.2, 0.25) is 5.95 Å². The summed E-state index contributed by atoms with van der Waals surface area (Å²) < 4.78 is 10.3. The number of hydrogen-bond donors (Lipinski definition) is 0. The van der Waals surface area contributed by atoms with E-state index in [-0.39, 0.29) is 18.8 Å². The fourth-order valence-electron chi connectivity index (χ4n) is 1.95. The molecule has 2 rings (SSSR count). The summed E-state index contributed by atoms with van der Waals surface area (Å²) in [5.74, 6) is 0.286. The van der Waals surface area contributed by atoms with Crippen LogP contribution >= 0.6 is 0 Å². The number of anilines is 1. The summed E-state index contributed by atoms with van der Waals surface area (Å²) in [6.45, 7) is -0.186. The van der Waals surface area contributed by atoms with E-state index in [9.17, 15) is 14.9 Å². The van der Waals surface area contributed by atoms with Gasteiger partial charge < -0.3 is 14.4 Å². The maximum atomic E-state index is 11.9. The second-order valence-electron chi connectivity index (χ2n) is 4.82. The van der Waals surface area contributed by atoms with E-state index in [0.29, 0.717) is 17.3 Å². The lowest BCUT2D eigenvalue weighted by Crippen LogP contribution is -2.28. The summed E-state index contributed by atoms with van der Waals surface area (Å²) in [6, 6.07) is 5.77. The summed E-state index contributed by atoms with van der Waals surface area (Å²) in [7, 11) is 3.09. The van der Waals surface area contributed by atoms with Crippen molar-refractivity contribution < 1.29 is 19.2 Å². The van der Waals surface area contributed by atoms with E-state index < -0.39 is 10.9 Å². The summed E-state index contributed by atoms with van der Waals surface area (Å²) in [6.07, 6.45) is 3.14. The number of ether oxygens (including phenoxy) is 2. The molecule has 126 valence electrons. The maximum Gasteiger partial charge on any atom is 0.325 e. The summed E-state index contributed by atoms with van der Waals surface area (Å²) in [4.78, 5) is 31.8. The van der Waals surface area contributed by atoms with Gasteiger partial charge in [0, 0.05) is 37.1 Å². The Labute approximate surface area is 138 Å². The molecule has 1 aromatic carbocycles. The predicted octanol–water partition coefficient (Wildman–Crippen LogP) is 1.57. The van der Waals surface area contributed by atoms with Crippen molar-refractivity contribution in [1.82, 2.24) is 9.97 Å². The van der Waals surface area contributed by atoms with Gasteiger partial charge in [0.05, 0.1) is 12.0 Å². The van der Waals surface area contributed by atoms with Crippen LogP contribution in [0.25, 0.3) is 0 Å². The van der Waals surface area contributed by atoms with E-state index in [1.807, 2.05) is 0 Å². The molecule has 0 bridgehead atoms. The molecule has 9 heteroatoms. The Kier molecular flexibility index (Phi) is 5.61. The highest BCUT2D eigenvalue weighted by molar-refractivity contribution is 5.74. The number of carbonyl (C=O) groups is 1. The van der Waals surface area contributed by atoms with Crippen LogP contribution in [0.5, 0.6) is 5.75 Å². The van der Waals surface area contributed by atoms with Crippen LogP contribution in [0.3, 0.4) is 0 Å². The number of nitro benzene ring substituents is 1. The third kappa shape index (κ3) is 4.38. The van der Waals surface area contributed by atoms with Crippen molar-refractivity contribution in [3.05, 3.63) is 52.3 Å². The van der Waals surface area contributed by atoms with E-state index >= 15 is 0 Å². The van der Waals surface area contributed by atoms with E-state index in [1.165, 1.54) is 30.2 Å². The van der Waals surface area contributed by atoms with E-state index in [2.05, 4.69) is 9.97 Å². The second kappa shape index (κ2) is 7.86. The largest absolute Gasteiger partial charge is 0.496 e. The van der Waals surface area contributed by atoms with Crippen LogP contribution in [0.2, 0.25) is 0 Å². The van der Waals surface area contributed by atoms with Crippen molar-refractivity contribution >= 4 is 17.6 Å². The van der Waals surface area contributed by atoms with Gasteiger partial charge in [-0.1, -0.05) is 0 Å². The minimum absolute atomic E-state index is 0.0543. The molecule has 0 unspecified atom stereocenters. The zero-order valence-electron chi connectivity index (χ0n) is 13.2. The van der Waals surface area contributed by atoms with Crippen LogP contribution < -0.4 is 9.64 Å². The number of benzene rings is 1. The quantitative estimate of drug-likeness (QED) is 0.427. The lowest BCUT2D eigenvalue weighted by Gasteiger charge is -2.16. The molecule has 0 amide bonds. The molecular formula is C15H16N4O5. The van der Waals surface area contributed by atoms with Gasteiger partial charge in [-0.2, -0.15) is 0 Å². The molecular weight excluding hydrogens is 316 g/mol. The van der Waals surface area contributed by atoms with Crippen LogP contribution in [0.1, 0.15) is 5.56 Å². The second-order valence-corrected chi connectivity index (χ2v) is 4.82. The maximum absolute atomic E-state index is 11.9. The fraction of sp³-hybridized carbons (Fsp3) is 0.267. The van der Waals surface area contributed by atoms with Crippen LogP contribution in [0.4, 0.5) is 11.6 Å². The van der Waals surface area contributed by atoms with Crippen LogP contribution in [0, 0.1) is 10.1 Å². The molecule has 0 aliphatic rings. The Hall–Kier alpha value is -3.23. The summed E-state index contributed by atoms with van der Waals surface area (Å²) in [5.41, 5.74) is 0.315. The lowest BCUT2D eigenvalue weighted by molar-refractivity contribution is -0.385. The van der Waals surface area contributed by atoms with Crippen molar-refractivity contribution in [2.45, 2.75) is 6.61 Å². The first-order valence-corrected chi connectivity index (χ1v) is 6.96. The number of aromatic nitrogens is 2. The topological polar surface area (TPSA) is 108 Å². The molecule has 24 heavy (non-hydrogen) atoms. The molecule has 0 aliphatic heterocycles. The van der Waals surface area contributed by atoms with Crippen LogP contribution in [-0.4, -0.2) is 41.6 Å². The number of nitrogens with zero attached hydrogens (tertiary/aromatic N) is 4. The number of non-ortho nitro benzene ring substituents is 1. The Balaban J connectivity index is 1.98. The Morgan fingerprint density at radius 2 is 2.04 bits per heavy atom. The first-order valence-electron chi connectivity index (χ1n) is 6.96. The number of carbonyl (C=O) groups excluding carboxylic acids is 1. The molecule has 2 aromatic rings. The first-order chi connectivity index (χ1) is 11.5. The van der Waals surface area contributed by atoms with E-state index in [0.717, 1.165) is 0 Å². The zero-order chi connectivity index (χ0) is 17.5. The minimum Gasteiger partial charge on any atom is -0.496 e. The average Bonchev–Trinajstić information content (AvgIpc) is 2.60. The highest BCUT2D eigenvalue weighted by Crippen LogP contribution is 2.24. The average molecular weight is 332 g/mol. The Morgan fingerprint density at radius 3 is 2.67 bits per heavy atom. The molecule has 0 saturated heterocycles. The summed E-state index contributed by atoms with van der Waals surface area (Å²) >= 11 is 0. The van der Waals surface area contributed by atoms with Crippen LogP contribution in [0.15, 0.2) is 36.7 Å². The van der Waals surface area contributed by atoms with Gasteiger partial charge in [-0.3, -0.25) is 14.9 Å². The van der Waals surface area contributed by atoms with E-state index in [4.69, 9.17) is 9.47 Å². The number of likely N-dealkylation sites (N-methyl/N-ethyl adjacent to an activating group) is 1. The standard InChI is InChI=1S/C15H16N4O5/c1-18(15-16-6-3-7-17-15)9-14(20)24-10-11-8-12(19(21)22)4-5-13(11)23-2/h3-8H,9-10H2,1-2H3. The van der Waals surface area contributed by atoms with Gasteiger partial charge in [0.15, 0.2) is 0 Å².